The van der Waals surface area contributed by atoms with Crippen LogP contribution in [0, 0.1) is 5.92 Å². The molecule has 0 spiro atoms. The van der Waals surface area contributed by atoms with Gasteiger partial charge >= 0.3 is 0 Å². The molecule has 0 aromatic heterocycles. The quantitative estimate of drug-likeness (QED) is 0.771. The highest BCUT2D eigenvalue weighted by molar-refractivity contribution is 5.85. The third-order valence-electron chi connectivity index (χ3n) is 3.54. The molecule has 0 aromatic carbocycles. The van der Waals surface area contributed by atoms with Crippen LogP contribution in [0.5, 0.6) is 0 Å². The maximum Gasteiger partial charge on any atom is 0.242 e. The molecule has 0 aromatic rings. The van der Waals surface area contributed by atoms with Gasteiger partial charge in [-0.2, -0.15) is 0 Å². The number of amides is 1. The number of hydrogen-bond acceptors (Lipinski definition) is 2. The Kier molecular flexibility index (Phi) is 4.14. The lowest BCUT2D eigenvalue weighted by Gasteiger charge is -2.37. The molecule has 88 valence electrons. The van der Waals surface area contributed by atoms with E-state index >= 15 is 0 Å². The van der Waals surface area contributed by atoms with E-state index in [2.05, 4.69) is 12.2 Å². The minimum atomic E-state index is -0.421. The molecule has 1 unspecified atom stereocenters. The molecule has 15 heavy (non-hydrogen) atoms. The van der Waals surface area contributed by atoms with E-state index in [0.29, 0.717) is 5.92 Å². The van der Waals surface area contributed by atoms with Gasteiger partial charge in [0.25, 0.3) is 0 Å². The summed E-state index contributed by atoms with van der Waals surface area (Å²) in [6.07, 6.45) is 3.62. The van der Waals surface area contributed by atoms with Crippen molar-refractivity contribution in [2.45, 2.75) is 45.6 Å². The number of carbonyl (C=O) groups excluding carboxylic acids is 1. The summed E-state index contributed by atoms with van der Waals surface area (Å²) in [7, 11) is 1.85. The zero-order valence-corrected chi connectivity index (χ0v) is 10.5. The van der Waals surface area contributed by atoms with E-state index < -0.39 is 5.54 Å². The second-order valence-electron chi connectivity index (χ2n) is 5.04. The summed E-state index contributed by atoms with van der Waals surface area (Å²) >= 11 is 0. The first-order valence-corrected chi connectivity index (χ1v) is 5.99. The highest BCUT2D eigenvalue weighted by Crippen LogP contribution is 2.21. The van der Waals surface area contributed by atoms with Crippen molar-refractivity contribution in [2.24, 2.45) is 5.92 Å². The van der Waals surface area contributed by atoms with Gasteiger partial charge in [0.05, 0.1) is 5.54 Å². The molecule has 1 rings (SSSR count). The monoisotopic (exact) mass is 212 g/mol. The number of nitrogens with one attached hydrogen (secondary N) is 1. The summed E-state index contributed by atoms with van der Waals surface area (Å²) in [4.78, 5) is 14.2. The van der Waals surface area contributed by atoms with Crippen LogP contribution < -0.4 is 5.32 Å². The van der Waals surface area contributed by atoms with Crippen molar-refractivity contribution in [3.8, 4) is 0 Å². The predicted octanol–water partition coefficient (Wildman–Crippen LogP) is 1.63. The summed E-state index contributed by atoms with van der Waals surface area (Å²) in [5.74, 6) is 0.943. The zero-order valence-electron chi connectivity index (χ0n) is 10.5. The molecule has 1 aliphatic heterocycles. The van der Waals surface area contributed by atoms with E-state index in [9.17, 15) is 4.79 Å². The largest absolute Gasteiger partial charge is 0.341 e. The van der Waals surface area contributed by atoms with Gasteiger partial charge in [0.2, 0.25) is 5.91 Å². The molecule has 1 aliphatic rings. The number of likely N-dealkylation sites (N-methyl/N-ethyl adjacent to an activating group) is 1. The van der Waals surface area contributed by atoms with E-state index in [0.717, 1.165) is 19.5 Å². The lowest BCUT2D eigenvalue weighted by atomic mass is 9.93. The lowest BCUT2D eigenvalue weighted by molar-refractivity contribution is -0.138. The molecular formula is C12H24N2O. The summed E-state index contributed by atoms with van der Waals surface area (Å²) in [6, 6.07) is 0. The first kappa shape index (κ1) is 12.5. The Morgan fingerprint density at radius 3 is 2.73 bits per heavy atom. The van der Waals surface area contributed by atoms with Crippen molar-refractivity contribution < 1.29 is 4.79 Å². The Morgan fingerprint density at radius 1 is 1.53 bits per heavy atom. The topological polar surface area (TPSA) is 32.3 Å². The van der Waals surface area contributed by atoms with Crippen molar-refractivity contribution in [3.05, 3.63) is 0 Å². The molecule has 0 aliphatic carbocycles. The van der Waals surface area contributed by atoms with Gasteiger partial charge in [0, 0.05) is 13.1 Å². The average Bonchev–Trinajstić information content (AvgIpc) is 2.28. The molecule has 1 saturated heterocycles. The van der Waals surface area contributed by atoms with Crippen molar-refractivity contribution in [2.75, 3.05) is 20.1 Å². The van der Waals surface area contributed by atoms with Gasteiger partial charge in [-0.15, -0.1) is 0 Å². The molecule has 3 heteroatoms. The molecule has 0 bridgehead atoms. The van der Waals surface area contributed by atoms with Gasteiger partial charge < -0.3 is 10.2 Å². The molecule has 1 N–H and O–H groups in total. The van der Waals surface area contributed by atoms with Crippen LogP contribution in [0.1, 0.15) is 40.0 Å². The number of nitrogens with zero attached hydrogens (tertiary/aromatic N) is 1. The molecule has 0 radical (unpaired) electrons. The highest BCUT2D eigenvalue weighted by Gasteiger charge is 2.32. The minimum absolute atomic E-state index is 0.239. The van der Waals surface area contributed by atoms with Gasteiger partial charge in [-0.3, -0.25) is 4.79 Å². The fraction of sp³-hybridized carbons (Fsp3) is 0.917. The highest BCUT2D eigenvalue weighted by atomic mass is 16.2. The Balaban J connectivity index is 2.60. The van der Waals surface area contributed by atoms with E-state index in [1.54, 1.807) is 0 Å². The maximum absolute atomic E-state index is 12.2. The first-order valence-electron chi connectivity index (χ1n) is 5.99. The Hall–Kier alpha value is -0.570. The Bertz CT molecular complexity index is 226. The van der Waals surface area contributed by atoms with Crippen LogP contribution in [0.4, 0.5) is 0 Å². The third kappa shape index (κ3) is 2.94. The second-order valence-corrected chi connectivity index (χ2v) is 5.04. The summed E-state index contributed by atoms with van der Waals surface area (Å²) < 4.78 is 0. The van der Waals surface area contributed by atoms with Gasteiger partial charge in [0.15, 0.2) is 0 Å². The van der Waals surface area contributed by atoms with Crippen LogP contribution >= 0.6 is 0 Å². The van der Waals surface area contributed by atoms with E-state index in [1.165, 1.54) is 12.8 Å². The maximum atomic E-state index is 12.2. The molecule has 0 saturated carbocycles. The van der Waals surface area contributed by atoms with Crippen molar-refractivity contribution in [1.29, 1.82) is 0 Å². The molecular weight excluding hydrogens is 188 g/mol. The van der Waals surface area contributed by atoms with Gasteiger partial charge in [-0.25, -0.2) is 0 Å². The fourth-order valence-corrected chi connectivity index (χ4v) is 2.08. The number of carbonyl (C=O) groups is 1. The van der Waals surface area contributed by atoms with E-state index in [4.69, 9.17) is 0 Å². The van der Waals surface area contributed by atoms with Crippen molar-refractivity contribution in [3.63, 3.8) is 0 Å². The Morgan fingerprint density at radius 2 is 2.20 bits per heavy atom. The molecule has 1 amide bonds. The zero-order chi connectivity index (χ0) is 11.5. The van der Waals surface area contributed by atoms with Crippen molar-refractivity contribution >= 4 is 5.91 Å². The smallest absolute Gasteiger partial charge is 0.242 e. The minimum Gasteiger partial charge on any atom is -0.341 e. The molecule has 1 heterocycles. The standard InChI is InChI=1S/C12H24N2O/c1-5-10-7-6-8-14(9-10)11(15)12(2,3)13-4/h10,13H,5-9H2,1-4H3. The summed E-state index contributed by atoms with van der Waals surface area (Å²) in [6.45, 7) is 7.98. The normalized spacial score (nSPS) is 22.9. The summed E-state index contributed by atoms with van der Waals surface area (Å²) in [5, 5.41) is 3.08. The Labute approximate surface area is 93.2 Å². The summed E-state index contributed by atoms with van der Waals surface area (Å²) in [5.41, 5.74) is -0.421. The van der Waals surface area contributed by atoms with Gasteiger partial charge in [-0.05, 0) is 39.7 Å². The average molecular weight is 212 g/mol. The van der Waals surface area contributed by atoms with E-state index in [1.807, 2.05) is 25.8 Å². The van der Waals surface area contributed by atoms with Crippen LogP contribution in [0.15, 0.2) is 0 Å². The van der Waals surface area contributed by atoms with Crippen LogP contribution in [0.3, 0.4) is 0 Å². The lowest BCUT2D eigenvalue weighted by Crippen LogP contribution is -2.55. The SMILES string of the molecule is CCC1CCCN(C(=O)C(C)(C)NC)C1. The molecule has 3 nitrogen and oxygen atoms in total. The van der Waals surface area contributed by atoms with Crippen LogP contribution in [-0.4, -0.2) is 36.5 Å². The van der Waals surface area contributed by atoms with Crippen molar-refractivity contribution in [1.82, 2.24) is 10.2 Å². The predicted molar refractivity (Wildman–Crippen MR) is 62.7 cm³/mol. The van der Waals surface area contributed by atoms with Gasteiger partial charge in [0.1, 0.15) is 0 Å². The number of hydrogen-bond donors (Lipinski definition) is 1. The molecule has 1 fully saturated rings. The fourth-order valence-electron chi connectivity index (χ4n) is 2.08. The number of likely N-dealkylation sites (tertiary alicyclic amines) is 1. The van der Waals surface area contributed by atoms with Gasteiger partial charge in [-0.1, -0.05) is 13.3 Å². The van der Waals surface area contributed by atoms with E-state index in [-0.39, 0.29) is 5.91 Å². The van der Waals surface area contributed by atoms with Crippen LogP contribution in [0.2, 0.25) is 0 Å². The van der Waals surface area contributed by atoms with Crippen LogP contribution in [0.25, 0.3) is 0 Å². The molecule has 1 atom stereocenters. The number of rotatable bonds is 3. The van der Waals surface area contributed by atoms with Crippen LogP contribution in [-0.2, 0) is 4.79 Å². The number of piperidine rings is 1. The first-order chi connectivity index (χ1) is 7.01. The third-order valence-corrected chi connectivity index (χ3v) is 3.54. The second kappa shape index (κ2) is 4.97.